The van der Waals surface area contributed by atoms with E-state index in [1.54, 1.807) is 51.6 Å². The summed E-state index contributed by atoms with van der Waals surface area (Å²) < 4.78 is 32.2. The summed E-state index contributed by atoms with van der Waals surface area (Å²) in [4.78, 5) is 14.4. The summed E-state index contributed by atoms with van der Waals surface area (Å²) in [7, 11) is 9.21. The first kappa shape index (κ1) is 22.7. The summed E-state index contributed by atoms with van der Waals surface area (Å²) in [5, 5.41) is 8.12. The van der Waals surface area contributed by atoms with Gasteiger partial charge in [0.1, 0.15) is 0 Å². The van der Waals surface area contributed by atoms with E-state index in [4.69, 9.17) is 28.1 Å². The van der Waals surface area contributed by atoms with Gasteiger partial charge >= 0.3 is 0 Å². The van der Waals surface area contributed by atoms with Gasteiger partial charge in [-0.1, -0.05) is 0 Å². The van der Waals surface area contributed by atoms with Gasteiger partial charge in [-0.3, -0.25) is 4.79 Å². The Kier molecular flexibility index (Phi) is 7.04. The molecular formula is C22H25N3O7. The van der Waals surface area contributed by atoms with Crippen LogP contribution >= 0.6 is 0 Å². The van der Waals surface area contributed by atoms with E-state index in [-0.39, 0.29) is 18.3 Å². The molecule has 1 aromatic heterocycles. The van der Waals surface area contributed by atoms with Gasteiger partial charge < -0.3 is 33.0 Å². The molecule has 0 bridgehead atoms. The number of hydrogen-bond donors (Lipinski definition) is 0. The lowest BCUT2D eigenvalue weighted by atomic mass is 10.1. The van der Waals surface area contributed by atoms with E-state index in [0.29, 0.717) is 45.8 Å². The van der Waals surface area contributed by atoms with Gasteiger partial charge in [0.05, 0.1) is 42.1 Å². The van der Waals surface area contributed by atoms with Crippen LogP contribution in [0.2, 0.25) is 0 Å². The van der Waals surface area contributed by atoms with Gasteiger partial charge in [0.25, 0.3) is 5.91 Å². The smallest absolute Gasteiger partial charge is 0.254 e. The molecule has 0 unspecified atom stereocenters. The minimum atomic E-state index is -0.282. The summed E-state index contributed by atoms with van der Waals surface area (Å²) >= 11 is 0. The van der Waals surface area contributed by atoms with E-state index in [2.05, 4.69) is 10.2 Å². The molecule has 0 spiro atoms. The van der Waals surface area contributed by atoms with Gasteiger partial charge in [0.2, 0.25) is 17.5 Å². The Morgan fingerprint density at radius 1 is 0.844 bits per heavy atom. The average Bonchev–Trinajstić information content (AvgIpc) is 3.30. The van der Waals surface area contributed by atoms with E-state index in [1.807, 2.05) is 0 Å². The number of amides is 1. The van der Waals surface area contributed by atoms with Crippen molar-refractivity contribution in [3.05, 3.63) is 41.8 Å². The first-order valence-electron chi connectivity index (χ1n) is 9.55. The van der Waals surface area contributed by atoms with Crippen molar-refractivity contribution >= 4 is 5.91 Å². The fourth-order valence-corrected chi connectivity index (χ4v) is 3.10. The third-order valence-corrected chi connectivity index (χ3v) is 4.73. The quantitative estimate of drug-likeness (QED) is 0.493. The fraction of sp³-hybridized carbons (Fsp3) is 0.318. The predicted molar refractivity (Wildman–Crippen MR) is 115 cm³/mol. The van der Waals surface area contributed by atoms with E-state index >= 15 is 0 Å². The second-order valence-corrected chi connectivity index (χ2v) is 6.65. The molecule has 0 aliphatic heterocycles. The Morgan fingerprint density at radius 3 is 2.03 bits per heavy atom. The lowest BCUT2D eigenvalue weighted by molar-refractivity contribution is 0.0772. The number of aromatic nitrogens is 2. The Bertz CT molecular complexity index is 1070. The molecule has 10 heteroatoms. The van der Waals surface area contributed by atoms with Crippen molar-refractivity contribution in [2.45, 2.75) is 6.54 Å². The van der Waals surface area contributed by atoms with Gasteiger partial charge in [-0.15, -0.1) is 10.2 Å². The number of carbonyl (C=O) groups excluding carboxylic acids is 1. The molecule has 0 saturated heterocycles. The Labute approximate surface area is 185 Å². The van der Waals surface area contributed by atoms with Crippen molar-refractivity contribution in [2.75, 3.05) is 42.6 Å². The Hall–Kier alpha value is -3.95. The number of benzene rings is 2. The highest BCUT2D eigenvalue weighted by molar-refractivity contribution is 5.95. The molecule has 170 valence electrons. The monoisotopic (exact) mass is 443 g/mol. The summed E-state index contributed by atoms with van der Waals surface area (Å²) in [5.74, 6) is 2.61. The maximum atomic E-state index is 13.0. The van der Waals surface area contributed by atoms with E-state index in [1.165, 1.54) is 26.2 Å². The van der Waals surface area contributed by atoms with Crippen molar-refractivity contribution in [1.29, 1.82) is 0 Å². The summed E-state index contributed by atoms with van der Waals surface area (Å²) in [6, 6.07) is 8.44. The van der Waals surface area contributed by atoms with Crippen LogP contribution in [0.1, 0.15) is 16.2 Å². The molecule has 0 N–H and O–H groups in total. The van der Waals surface area contributed by atoms with Gasteiger partial charge in [0.15, 0.2) is 23.0 Å². The molecule has 1 heterocycles. The molecule has 2 aromatic carbocycles. The van der Waals surface area contributed by atoms with Crippen LogP contribution in [0.5, 0.6) is 28.7 Å². The summed E-state index contributed by atoms with van der Waals surface area (Å²) in [6.07, 6.45) is 0. The van der Waals surface area contributed by atoms with Gasteiger partial charge in [-0.25, -0.2) is 0 Å². The molecule has 1 amide bonds. The second-order valence-electron chi connectivity index (χ2n) is 6.65. The summed E-state index contributed by atoms with van der Waals surface area (Å²) in [6.45, 7) is 0.107. The minimum Gasteiger partial charge on any atom is -0.493 e. The first-order valence-corrected chi connectivity index (χ1v) is 9.55. The Morgan fingerprint density at radius 2 is 1.47 bits per heavy atom. The molecule has 10 nitrogen and oxygen atoms in total. The SMILES string of the molecule is COc1ccc(-c2nnc(CN(C)C(=O)c3cc(OC)c(OC)c(OC)c3)o2)cc1OC. The topological polar surface area (TPSA) is 105 Å². The molecule has 0 aliphatic carbocycles. The Balaban J connectivity index is 1.79. The van der Waals surface area contributed by atoms with Crippen LogP contribution in [0.25, 0.3) is 11.5 Å². The van der Waals surface area contributed by atoms with Crippen LogP contribution < -0.4 is 23.7 Å². The van der Waals surface area contributed by atoms with Crippen LogP contribution in [0.3, 0.4) is 0 Å². The van der Waals surface area contributed by atoms with E-state index in [0.717, 1.165) is 0 Å². The number of rotatable bonds is 9. The molecule has 0 fully saturated rings. The standard InChI is InChI=1S/C22H25N3O7/c1-25(22(26)14-10-17(29-4)20(31-6)18(11-14)30-5)12-19-23-24-21(32-19)13-7-8-15(27-2)16(9-13)28-3/h7-11H,12H2,1-6H3. The number of carbonyl (C=O) groups is 1. The van der Waals surface area contributed by atoms with Gasteiger partial charge in [-0.05, 0) is 30.3 Å². The second kappa shape index (κ2) is 9.90. The van der Waals surface area contributed by atoms with Crippen molar-refractivity contribution in [2.24, 2.45) is 0 Å². The van der Waals surface area contributed by atoms with Crippen LogP contribution in [-0.4, -0.2) is 63.6 Å². The van der Waals surface area contributed by atoms with Crippen LogP contribution in [0, 0.1) is 0 Å². The van der Waals surface area contributed by atoms with Crippen molar-refractivity contribution in [3.8, 4) is 40.2 Å². The van der Waals surface area contributed by atoms with Crippen molar-refractivity contribution in [3.63, 3.8) is 0 Å². The number of methoxy groups -OCH3 is 5. The van der Waals surface area contributed by atoms with Crippen molar-refractivity contribution < 1.29 is 32.9 Å². The highest BCUT2D eigenvalue weighted by Crippen LogP contribution is 2.38. The lowest BCUT2D eigenvalue weighted by Gasteiger charge is -2.18. The molecule has 32 heavy (non-hydrogen) atoms. The molecule has 0 radical (unpaired) electrons. The molecule has 0 atom stereocenters. The third-order valence-electron chi connectivity index (χ3n) is 4.73. The zero-order valence-electron chi connectivity index (χ0n) is 18.8. The van der Waals surface area contributed by atoms with Crippen molar-refractivity contribution in [1.82, 2.24) is 15.1 Å². The maximum Gasteiger partial charge on any atom is 0.254 e. The van der Waals surface area contributed by atoms with Crippen LogP contribution in [0.4, 0.5) is 0 Å². The zero-order valence-corrected chi connectivity index (χ0v) is 18.8. The molecule has 3 aromatic rings. The molecule has 3 rings (SSSR count). The van der Waals surface area contributed by atoms with E-state index in [9.17, 15) is 4.79 Å². The molecular weight excluding hydrogens is 418 g/mol. The molecule has 0 aliphatic rings. The predicted octanol–water partition coefficient (Wildman–Crippen LogP) is 3.05. The van der Waals surface area contributed by atoms with Gasteiger partial charge in [0, 0.05) is 18.2 Å². The number of ether oxygens (including phenoxy) is 5. The van der Waals surface area contributed by atoms with E-state index < -0.39 is 0 Å². The average molecular weight is 443 g/mol. The highest BCUT2D eigenvalue weighted by atomic mass is 16.5. The molecule has 0 saturated carbocycles. The maximum absolute atomic E-state index is 13.0. The number of hydrogen-bond acceptors (Lipinski definition) is 9. The zero-order chi connectivity index (χ0) is 23.3. The van der Waals surface area contributed by atoms with Crippen LogP contribution in [-0.2, 0) is 6.54 Å². The third kappa shape index (κ3) is 4.53. The minimum absolute atomic E-state index is 0.107. The number of nitrogens with zero attached hydrogens (tertiary/aromatic N) is 3. The normalized spacial score (nSPS) is 10.4. The summed E-state index contributed by atoms with van der Waals surface area (Å²) in [5.41, 5.74) is 1.03. The fourth-order valence-electron chi connectivity index (χ4n) is 3.10. The first-order chi connectivity index (χ1) is 15.4. The van der Waals surface area contributed by atoms with Gasteiger partial charge in [-0.2, -0.15) is 0 Å². The lowest BCUT2D eigenvalue weighted by Crippen LogP contribution is -2.26. The highest BCUT2D eigenvalue weighted by Gasteiger charge is 2.21. The largest absolute Gasteiger partial charge is 0.493 e. The van der Waals surface area contributed by atoms with Crippen LogP contribution in [0.15, 0.2) is 34.7 Å².